The molecule has 0 spiro atoms. The van der Waals surface area contributed by atoms with Crippen LogP contribution >= 0.6 is 0 Å². The molecule has 4 heteroatoms. The molecule has 4 atom stereocenters. The van der Waals surface area contributed by atoms with Crippen LogP contribution in [0.2, 0.25) is 0 Å². The Kier molecular flexibility index (Phi) is 4.97. The summed E-state index contributed by atoms with van der Waals surface area (Å²) in [5, 5.41) is 9.79. The highest BCUT2D eigenvalue weighted by atomic mass is 16.6. The lowest BCUT2D eigenvalue weighted by Gasteiger charge is -2.18. The van der Waals surface area contributed by atoms with Gasteiger partial charge in [-0.3, -0.25) is 0 Å². The van der Waals surface area contributed by atoms with Crippen molar-refractivity contribution in [1.29, 1.82) is 0 Å². The molecule has 0 amide bonds. The van der Waals surface area contributed by atoms with E-state index in [-0.39, 0.29) is 30.7 Å². The topological polar surface area (TPSA) is 59.1 Å². The Morgan fingerprint density at radius 3 is 2.79 bits per heavy atom. The van der Waals surface area contributed by atoms with Crippen LogP contribution in [0, 0.1) is 5.92 Å². The number of aliphatic hydroxyl groups is 1. The fraction of sp³-hybridized carbons (Fsp3) is 0.650. The van der Waals surface area contributed by atoms with Crippen LogP contribution in [0.4, 0.5) is 0 Å². The van der Waals surface area contributed by atoms with Crippen molar-refractivity contribution < 1.29 is 19.4 Å². The first-order valence-electron chi connectivity index (χ1n) is 8.95. The Morgan fingerprint density at radius 1 is 1.29 bits per heavy atom. The summed E-state index contributed by atoms with van der Waals surface area (Å²) in [4.78, 5) is 12.0. The second-order valence-electron chi connectivity index (χ2n) is 7.52. The second kappa shape index (κ2) is 6.85. The predicted molar refractivity (Wildman–Crippen MR) is 92.4 cm³/mol. The average molecular weight is 332 g/mol. The van der Waals surface area contributed by atoms with Crippen molar-refractivity contribution in [1.82, 2.24) is 0 Å². The number of ether oxygens (including phenoxy) is 2. The van der Waals surface area contributed by atoms with Gasteiger partial charge in [0.2, 0.25) is 0 Å². The first kappa shape index (κ1) is 17.4. The molecule has 0 bridgehead atoms. The van der Waals surface area contributed by atoms with Gasteiger partial charge in [-0.2, -0.15) is 0 Å². The van der Waals surface area contributed by atoms with Crippen molar-refractivity contribution in [2.45, 2.75) is 70.2 Å². The lowest BCUT2D eigenvalue weighted by molar-refractivity contribution is -0.139. The van der Waals surface area contributed by atoms with Crippen molar-refractivity contribution in [3.05, 3.63) is 35.5 Å². The van der Waals surface area contributed by atoms with Crippen molar-refractivity contribution in [3.63, 3.8) is 0 Å². The van der Waals surface area contributed by atoms with Crippen LogP contribution in [0.15, 0.2) is 35.5 Å². The van der Waals surface area contributed by atoms with E-state index in [2.05, 4.69) is 32.6 Å². The van der Waals surface area contributed by atoms with E-state index in [4.69, 9.17) is 9.47 Å². The average Bonchev–Trinajstić information content (AvgIpc) is 3.16. The van der Waals surface area contributed by atoms with Crippen LogP contribution in [0.25, 0.3) is 0 Å². The first-order chi connectivity index (χ1) is 11.4. The molecule has 0 aromatic carbocycles. The largest absolute Gasteiger partial charge is 0.458 e. The van der Waals surface area contributed by atoms with E-state index in [1.165, 1.54) is 11.1 Å². The summed E-state index contributed by atoms with van der Waals surface area (Å²) in [5.41, 5.74) is 2.74. The van der Waals surface area contributed by atoms with Crippen LogP contribution in [0.5, 0.6) is 0 Å². The van der Waals surface area contributed by atoms with E-state index < -0.39 is 5.60 Å². The Labute approximate surface area is 144 Å². The van der Waals surface area contributed by atoms with Crippen molar-refractivity contribution in [2.24, 2.45) is 5.92 Å². The van der Waals surface area contributed by atoms with Gasteiger partial charge in [-0.05, 0) is 46.0 Å². The monoisotopic (exact) mass is 332 g/mol. The molecule has 2 fully saturated rings. The molecule has 3 aliphatic rings. The number of fused-ring (bicyclic) bond motifs is 2. The zero-order valence-electron chi connectivity index (χ0n) is 14.7. The smallest absolute Gasteiger partial charge is 0.334 e. The van der Waals surface area contributed by atoms with Gasteiger partial charge in [0, 0.05) is 17.9 Å². The van der Waals surface area contributed by atoms with Crippen LogP contribution in [0.3, 0.4) is 0 Å². The third-order valence-electron chi connectivity index (χ3n) is 5.67. The summed E-state index contributed by atoms with van der Waals surface area (Å²) in [6.45, 7) is 8.22. The van der Waals surface area contributed by atoms with Gasteiger partial charge in [0.15, 0.2) is 0 Å². The highest BCUT2D eigenvalue weighted by Crippen LogP contribution is 2.47. The number of esters is 1. The molecule has 0 radical (unpaired) electrons. The Morgan fingerprint density at radius 2 is 2.04 bits per heavy atom. The van der Waals surface area contributed by atoms with Crippen LogP contribution < -0.4 is 0 Å². The number of carbonyl (C=O) groups is 1. The molecule has 0 aromatic heterocycles. The standard InChI is InChI=1S/C20H28O4/c1-13-6-4-7-14(2)10-17-16(15(3)19(22)23-17)11-18-20(12-21,24-18)9-5-8-13/h7-8,16-18,21H,3-6,9-12H2,1-2H3/b13-8-,14-7+/t16-,17+,18-,20+/m1/s1. The maximum atomic E-state index is 12.0. The van der Waals surface area contributed by atoms with Crippen LogP contribution in [-0.2, 0) is 14.3 Å². The van der Waals surface area contributed by atoms with Crippen molar-refractivity contribution in [2.75, 3.05) is 6.61 Å². The molecular weight excluding hydrogens is 304 g/mol. The molecule has 0 unspecified atom stereocenters. The molecule has 3 rings (SSSR count). The molecule has 4 nitrogen and oxygen atoms in total. The highest BCUT2D eigenvalue weighted by molar-refractivity contribution is 5.90. The highest BCUT2D eigenvalue weighted by Gasteiger charge is 2.57. The summed E-state index contributed by atoms with van der Waals surface area (Å²) < 4.78 is 11.4. The molecule has 1 aliphatic carbocycles. The molecule has 132 valence electrons. The molecule has 0 saturated carbocycles. The summed E-state index contributed by atoms with van der Waals surface area (Å²) in [5.74, 6) is -0.297. The molecule has 2 saturated heterocycles. The number of rotatable bonds is 1. The van der Waals surface area contributed by atoms with Crippen molar-refractivity contribution in [3.8, 4) is 0 Å². The minimum atomic E-state index is -0.442. The SMILES string of the molecule is C=C1C(=O)O[C@H]2C/C(C)=C/CC/C(C)=C\CC[C@@]3(CO)O[C@@H]3C[C@H]12. The van der Waals surface area contributed by atoms with Gasteiger partial charge in [-0.15, -0.1) is 0 Å². The van der Waals surface area contributed by atoms with Gasteiger partial charge in [0.25, 0.3) is 0 Å². The van der Waals surface area contributed by atoms with E-state index in [1.807, 2.05) is 0 Å². The molecule has 2 heterocycles. The lowest BCUT2D eigenvalue weighted by atomic mass is 9.85. The molecule has 24 heavy (non-hydrogen) atoms. The third kappa shape index (κ3) is 3.50. The van der Waals surface area contributed by atoms with Crippen LogP contribution in [-0.4, -0.2) is 35.5 Å². The predicted octanol–water partition coefficient (Wildman–Crippen LogP) is 3.46. The zero-order chi connectivity index (χ0) is 17.3. The third-order valence-corrected chi connectivity index (χ3v) is 5.67. The van der Waals surface area contributed by atoms with E-state index in [9.17, 15) is 9.90 Å². The normalized spacial score (nSPS) is 41.9. The summed E-state index contributed by atoms with van der Waals surface area (Å²) in [7, 11) is 0. The maximum absolute atomic E-state index is 12.0. The number of carbonyl (C=O) groups excluding carboxylic acids is 1. The molecule has 0 aromatic rings. The van der Waals surface area contributed by atoms with Gasteiger partial charge in [0.05, 0.1) is 12.7 Å². The minimum absolute atomic E-state index is 0.0119. The molecule has 1 N–H and O–H groups in total. The zero-order valence-corrected chi connectivity index (χ0v) is 14.7. The molecule has 2 aliphatic heterocycles. The number of aliphatic hydroxyl groups excluding tert-OH is 1. The summed E-state index contributed by atoms with van der Waals surface area (Å²) >= 11 is 0. The van der Waals surface area contributed by atoms with Crippen molar-refractivity contribution >= 4 is 5.97 Å². The maximum Gasteiger partial charge on any atom is 0.334 e. The fourth-order valence-electron chi connectivity index (χ4n) is 3.94. The van der Waals surface area contributed by atoms with E-state index in [0.717, 1.165) is 32.1 Å². The quantitative estimate of drug-likeness (QED) is 0.346. The Bertz CT molecular complexity index is 588. The van der Waals surface area contributed by atoms with Gasteiger partial charge in [-0.25, -0.2) is 4.79 Å². The van der Waals surface area contributed by atoms with Gasteiger partial charge >= 0.3 is 5.97 Å². The Hall–Kier alpha value is -1.39. The first-order valence-corrected chi connectivity index (χ1v) is 8.95. The van der Waals surface area contributed by atoms with Crippen LogP contribution in [0.1, 0.15) is 52.4 Å². The number of epoxide rings is 1. The van der Waals surface area contributed by atoms with E-state index >= 15 is 0 Å². The van der Waals surface area contributed by atoms with Gasteiger partial charge < -0.3 is 14.6 Å². The van der Waals surface area contributed by atoms with E-state index in [0.29, 0.717) is 12.0 Å². The number of hydrogen-bond acceptors (Lipinski definition) is 4. The Balaban J connectivity index is 1.80. The summed E-state index contributed by atoms with van der Waals surface area (Å²) in [6, 6.07) is 0. The minimum Gasteiger partial charge on any atom is -0.458 e. The van der Waals surface area contributed by atoms with E-state index in [1.54, 1.807) is 0 Å². The number of allylic oxidation sites excluding steroid dienone is 3. The number of hydrogen-bond donors (Lipinski definition) is 1. The lowest BCUT2D eigenvalue weighted by Crippen LogP contribution is -2.25. The summed E-state index contributed by atoms with van der Waals surface area (Å²) in [6.07, 6.45) is 9.57. The molecular formula is C20H28O4. The fourth-order valence-corrected chi connectivity index (χ4v) is 3.94. The van der Waals surface area contributed by atoms with Gasteiger partial charge in [0.1, 0.15) is 11.7 Å². The second-order valence-corrected chi connectivity index (χ2v) is 7.52. The van der Waals surface area contributed by atoms with Gasteiger partial charge in [-0.1, -0.05) is 29.9 Å².